The molecule has 0 aliphatic heterocycles. The highest BCUT2D eigenvalue weighted by Gasteiger charge is 2.20. The van der Waals surface area contributed by atoms with E-state index in [1.807, 2.05) is 25.1 Å². The zero-order chi connectivity index (χ0) is 23.6. The Balaban J connectivity index is 1.85. The van der Waals surface area contributed by atoms with Gasteiger partial charge in [-0.15, -0.1) is 11.3 Å². The molecule has 0 aliphatic carbocycles. The maximum Gasteiger partial charge on any atom is 0.266 e. The summed E-state index contributed by atoms with van der Waals surface area (Å²) in [5, 5.41) is 6.40. The van der Waals surface area contributed by atoms with Crippen LogP contribution in [0.25, 0.3) is 0 Å². The first kappa shape index (κ1) is 24.0. The van der Waals surface area contributed by atoms with Crippen molar-refractivity contribution < 1.29 is 14.0 Å². The summed E-state index contributed by atoms with van der Waals surface area (Å²) in [6.07, 6.45) is 0. The molecule has 0 atom stereocenters. The molecule has 4 nitrogen and oxygen atoms in total. The van der Waals surface area contributed by atoms with Crippen molar-refractivity contribution in [2.75, 3.05) is 10.6 Å². The first-order valence-electron chi connectivity index (χ1n) is 10.4. The van der Waals surface area contributed by atoms with Gasteiger partial charge in [0.2, 0.25) is 0 Å². The normalized spacial score (nSPS) is 11.2. The lowest BCUT2D eigenvalue weighted by Crippen LogP contribution is -2.15. The third-order valence-electron chi connectivity index (χ3n) is 5.15. The highest BCUT2D eigenvalue weighted by atomic mass is 35.5. The Labute approximate surface area is 196 Å². The molecule has 1 heterocycles. The maximum absolute atomic E-state index is 13.3. The van der Waals surface area contributed by atoms with E-state index in [1.54, 1.807) is 6.07 Å². The van der Waals surface area contributed by atoms with Crippen LogP contribution in [0.3, 0.4) is 0 Å². The van der Waals surface area contributed by atoms with E-state index in [1.165, 1.54) is 23.5 Å². The molecule has 0 spiro atoms. The summed E-state index contributed by atoms with van der Waals surface area (Å²) in [5.41, 5.74) is 3.93. The van der Waals surface area contributed by atoms with E-state index in [0.29, 0.717) is 9.88 Å². The summed E-state index contributed by atoms with van der Waals surface area (Å²) < 4.78 is 13.3. The summed E-state index contributed by atoms with van der Waals surface area (Å²) in [6.45, 7) is 10.2. The maximum atomic E-state index is 13.3. The molecule has 7 heteroatoms. The van der Waals surface area contributed by atoms with Crippen LogP contribution in [0.15, 0.2) is 42.5 Å². The Morgan fingerprint density at radius 3 is 2.12 bits per heavy atom. The number of rotatable bonds is 6. The molecular formula is C25H26ClFN2O2S. The quantitative estimate of drug-likeness (QED) is 0.388. The molecule has 3 rings (SSSR count). The van der Waals surface area contributed by atoms with Gasteiger partial charge in [-0.25, -0.2) is 4.39 Å². The molecule has 0 fully saturated rings. The number of benzene rings is 2. The highest BCUT2D eigenvalue weighted by molar-refractivity contribution is 7.18. The third kappa shape index (κ3) is 5.19. The van der Waals surface area contributed by atoms with E-state index < -0.39 is 11.7 Å². The van der Waals surface area contributed by atoms with Crippen LogP contribution < -0.4 is 10.6 Å². The van der Waals surface area contributed by atoms with E-state index in [2.05, 4.69) is 38.3 Å². The van der Waals surface area contributed by atoms with Crippen molar-refractivity contribution in [2.45, 2.75) is 46.5 Å². The lowest BCUT2D eigenvalue weighted by atomic mass is 9.92. The number of aryl methyl sites for hydroxylation is 1. The molecule has 2 N–H and O–H groups in total. The lowest BCUT2D eigenvalue weighted by Gasteiger charge is -2.20. The first-order valence-corrected chi connectivity index (χ1v) is 11.6. The number of para-hydroxylation sites is 1. The summed E-state index contributed by atoms with van der Waals surface area (Å²) in [7, 11) is 0. The van der Waals surface area contributed by atoms with Gasteiger partial charge in [0.25, 0.3) is 11.8 Å². The monoisotopic (exact) mass is 472 g/mol. The van der Waals surface area contributed by atoms with Crippen LogP contribution in [0.2, 0.25) is 5.02 Å². The van der Waals surface area contributed by atoms with E-state index in [9.17, 15) is 14.0 Å². The van der Waals surface area contributed by atoms with Gasteiger partial charge in [-0.3, -0.25) is 9.59 Å². The Bertz CT molecular complexity index is 1140. The second-order valence-electron chi connectivity index (χ2n) is 8.28. The molecule has 0 radical (unpaired) electrons. The minimum absolute atomic E-state index is 0.0280. The van der Waals surface area contributed by atoms with Gasteiger partial charge in [0, 0.05) is 5.69 Å². The molecule has 168 valence electrons. The van der Waals surface area contributed by atoms with E-state index in [4.69, 9.17) is 11.6 Å². The van der Waals surface area contributed by atoms with Crippen molar-refractivity contribution in [3.63, 3.8) is 0 Å². The summed E-state index contributed by atoms with van der Waals surface area (Å²) in [4.78, 5) is 26.2. The number of hydrogen-bond donors (Lipinski definition) is 2. The van der Waals surface area contributed by atoms with Gasteiger partial charge in [0.15, 0.2) is 0 Å². The highest BCUT2D eigenvalue weighted by Crippen LogP contribution is 2.34. The molecule has 0 saturated carbocycles. The predicted molar refractivity (Wildman–Crippen MR) is 131 cm³/mol. The Morgan fingerprint density at radius 1 is 0.938 bits per heavy atom. The van der Waals surface area contributed by atoms with Crippen molar-refractivity contribution >= 4 is 45.4 Å². The fourth-order valence-electron chi connectivity index (χ4n) is 3.49. The van der Waals surface area contributed by atoms with Crippen molar-refractivity contribution in [3.8, 4) is 0 Å². The van der Waals surface area contributed by atoms with Crippen LogP contribution in [0, 0.1) is 12.7 Å². The Morgan fingerprint density at radius 2 is 1.56 bits per heavy atom. The van der Waals surface area contributed by atoms with Crippen molar-refractivity contribution in [3.05, 3.63) is 80.4 Å². The molecule has 0 saturated heterocycles. The summed E-state index contributed by atoms with van der Waals surface area (Å²) in [6, 6.07) is 11.4. The molecule has 2 amide bonds. The van der Waals surface area contributed by atoms with Crippen LogP contribution in [-0.4, -0.2) is 11.8 Å². The van der Waals surface area contributed by atoms with Crippen molar-refractivity contribution in [2.24, 2.45) is 0 Å². The fourth-order valence-corrected chi connectivity index (χ4v) is 4.70. The van der Waals surface area contributed by atoms with Crippen LogP contribution in [0.5, 0.6) is 0 Å². The third-order valence-corrected chi connectivity index (χ3v) is 6.61. The second kappa shape index (κ2) is 9.84. The minimum atomic E-state index is -0.514. The topological polar surface area (TPSA) is 58.2 Å². The van der Waals surface area contributed by atoms with Gasteiger partial charge >= 0.3 is 0 Å². The van der Waals surface area contributed by atoms with Crippen LogP contribution in [0.4, 0.5) is 15.1 Å². The largest absolute Gasteiger partial charge is 0.321 e. The number of hydrogen-bond acceptors (Lipinski definition) is 3. The first-order chi connectivity index (χ1) is 15.1. The SMILES string of the molecule is Cc1cc(NC(=O)c2ccc(F)cc2Cl)sc1C(=O)Nc1c(C(C)C)cccc1C(C)C. The number of thiophene rings is 1. The van der Waals surface area contributed by atoms with Gasteiger partial charge in [-0.05, 0) is 59.7 Å². The number of anilines is 2. The van der Waals surface area contributed by atoms with Gasteiger partial charge in [0.1, 0.15) is 5.82 Å². The van der Waals surface area contributed by atoms with Crippen molar-refractivity contribution in [1.82, 2.24) is 0 Å². The van der Waals surface area contributed by atoms with E-state index in [0.717, 1.165) is 28.4 Å². The van der Waals surface area contributed by atoms with Crippen LogP contribution in [0.1, 0.15) is 76.3 Å². The molecule has 1 aromatic heterocycles. The lowest BCUT2D eigenvalue weighted by molar-refractivity contribution is 0.102. The molecule has 32 heavy (non-hydrogen) atoms. The molecule has 0 bridgehead atoms. The van der Waals surface area contributed by atoms with Crippen LogP contribution in [-0.2, 0) is 0 Å². The second-order valence-corrected chi connectivity index (χ2v) is 9.74. The Kier molecular flexibility index (Phi) is 7.36. The fraction of sp³-hybridized carbons (Fsp3) is 0.280. The van der Waals surface area contributed by atoms with Crippen molar-refractivity contribution in [1.29, 1.82) is 0 Å². The minimum Gasteiger partial charge on any atom is -0.321 e. The Hall–Kier alpha value is -2.70. The van der Waals surface area contributed by atoms with E-state index in [-0.39, 0.29) is 28.3 Å². The molecule has 0 aliphatic rings. The van der Waals surface area contributed by atoms with Gasteiger partial charge in [0.05, 0.1) is 20.5 Å². The smallest absolute Gasteiger partial charge is 0.266 e. The number of halogens is 2. The van der Waals surface area contributed by atoms with E-state index >= 15 is 0 Å². The zero-order valence-corrected chi connectivity index (χ0v) is 20.2. The number of carbonyl (C=O) groups is 2. The average Bonchev–Trinajstić information content (AvgIpc) is 3.07. The number of carbonyl (C=O) groups excluding carboxylic acids is 2. The number of amides is 2. The zero-order valence-electron chi connectivity index (χ0n) is 18.7. The van der Waals surface area contributed by atoms with Gasteiger partial charge in [-0.2, -0.15) is 0 Å². The van der Waals surface area contributed by atoms with Crippen LogP contribution >= 0.6 is 22.9 Å². The number of nitrogens with one attached hydrogen (secondary N) is 2. The summed E-state index contributed by atoms with van der Waals surface area (Å²) >= 11 is 7.17. The molecular weight excluding hydrogens is 447 g/mol. The molecule has 0 unspecified atom stereocenters. The predicted octanol–water partition coefficient (Wildman–Crippen LogP) is 7.60. The van der Waals surface area contributed by atoms with Gasteiger partial charge in [-0.1, -0.05) is 57.5 Å². The summed E-state index contributed by atoms with van der Waals surface area (Å²) in [5.74, 6) is -0.689. The average molecular weight is 473 g/mol. The van der Waals surface area contributed by atoms with Gasteiger partial charge < -0.3 is 10.6 Å². The standard InChI is InChI=1S/C25H26ClFN2O2S/c1-13(2)17-7-6-8-18(14(3)4)22(17)29-25(31)23-15(5)11-21(32-23)28-24(30)19-10-9-16(27)12-20(19)26/h6-14H,1-5H3,(H,28,30)(H,29,31). The molecule has 2 aromatic carbocycles. The molecule has 3 aromatic rings.